The van der Waals surface area contributed by atoms with Gasteiger partial charge in [0.2, 0.25) is 0 Å². The van der Waals surface area contributed by atoms with E-state index in [9.17, 15) is 10.2 Å². The first kappa shape index (κ1) is 13.6. The molecule has 114 valence electrons. The molecule has 2 saturated carbocycles. The van der Waals surface area contributed by atoms with Crippen LogP contribution in [-0.4, -0.2) is 16.3 Å². The average Bonchev–Trinajstić information content (AvgIpc) is 2.78. The van der Waals surface area contributed by atoms with Crippen molar-refractivity contribution in [1.29, 1.82) is 0 Å². The van der Waals surface area contributed by atoms with Crippen molar-refractivity contribution >= 4 is 0 Å². The summed E-state index contributed by atoms with van der Waals surface area (Å²) < 4.78 is 0. The van der Waals surface area contributed by atoms with E-state index in [1.54, 1.807) is 0 Å². The van der Waals surface area contributed by atoms with Gasteiger partial charge in [-0.15, -0.1) is 0 Å². The molecule has 1 aromatic rings. The fraction of sp³-hybridized carbons (Fsp3) is 0.684. The number of hydrogen-bond donors (Lipinski definition) is 2. The summed E-state index contributed by atoms with van der Waals surface area (Å²) in [4.78, 5) is 0. The summed E-state index contributed by atoms with van der Waals surface area (Å²) in [7, 11) is 0. The largest absolute Gasteiger partial charge is 0.508 e. The molecule has 2 fully saturated rings. The fourth-order valence-electron chi connectivity index (χ4n) is 5.80. The monoisotopic (exact) mass is 286 g/mol. The average molecular weight is 286 g/mol. The second-order valence-corrected chi connectivity index (χ2v) is 7.83. The predicted octanol–water partition coefficient (Wildman–Crippen LogP) is 3.92. The second-order valence-electron chi connectivity index (χ2n) is 7.83. The van der Waals surface area contributed by atoms with Crippen LogP contribution in [0.15, 0.2) is 12.1 Å². The van der Waals surface area contributed by atoms with E-state index in [4.69, 9.17) is 0 Å². The molecular weight excluding hydrogens is 260 g/mol. The van der Waals surface area contributed by atoms with E-state index in [0.717, 1.165) is 30.7 Å². The SMILES string of the molecule is Cc1c(O)ccc2c1CCC1C2CC[C@]2(C)C(O)CCC12. The van der Waals surface area contributed by atoms with Crippen molar-refractivity contribution in [3.63, 3.8) is 0 Å². The van der Waals surface area contributed by atoms with Crippen LogP contribution in [-0.2, 0) is 6.42 Å². The molecule has 0 heterocycles. The number of phenolic OH excluding ortho intramolecular Hbond substituents is 1. The van der Waals surface area contributed by atoms with E-state index in [-0.39, 0.29) is 11.5 Å². The van der Waals surface area contributed by atoms with E-state index in [2.05, 4.69) is 19.9 Å². The Labute approximate surface area is 127 Å². The summed E-state index contributed by atoms with van der Waals surface area (Å²) in [6.07, 6.45) is 6.78. The van der Waals surface area contributed by atoms with Crippen LogP contribution in [0.5, 0.6) is 5.75 Å². The first-order valence-electron chi connectivity index (χ1n) is 8.52. The van der Waals surface area contributed by atoms with Crippen LogP contribution in [0.3, 0.4) is 0 Å². The highest BCUT2D eigenvalue weighted by atomic mass is 16.3. The van der Waals surface area contributed by atoms with E-state index < -0.39 is 0 Å². The minimum Gasteiger partial charge on any atom is -0.508 e. The Morgan fingerprint density at radius 1 is 1.14 bits per heavy atom. The van der Waals surface area contributed by atoms with Gasteiger partial charge in [0.25, 0.3) is 0 Å². The summed E-state index contributed by atoms with van der Waals surface area (Å²) in [5.41, 5.74) is 4.14. The molecule has 0 saturated heterocycles. The Morgan fingerprint density at radius 2 is 1.95 bits per heavy atom. The van der Waals surface area contributed by atoms with E-state index >= 15 is 0 Å². The quantitative estimate of drug-likeness (QED) is 0.759. The lowest BCUT2D eigenvalue weighted by Crippen LogP contribution is -2.44. The van der Waals surface area contributed by atoms with Gasteiger partial charge in [0.15, 0.2) is 0 Å². The van der Waals surface area contributed by atoms with Crippen molar-refractivity contribution in [1.82, 2.24) is 0 Å². The summed E-state index contributed by atoms with van der Waals surface area (Å²) in [5, 5.41) is 20.4. The van der Waals surface area contributed by atoms with Crippen LogP contribution in [0.2, 0.25) is 0 Å². The van der Waals surface area contributed by atoms with E-state index in [1.807, 2.05) is 6.07 Å². The Bertz CT molecular complexity index is 579. The molecular formula is C19H26O2. The lowest BCUT2D eigenvalue weighted by Gasteiger charge is -2.50. The number of aliphatic hydroxyl groups excluding tert-OH is 1. The number of aliphatic hydroxyl groups is 1. The number of phenols is 1. The molecule has 4 unspecified atom stereocenters. The van der Waals surface area contributed by atoms with Crippen molar-refractivity contribution < 1.29 is 10.2 Å². The number of hydrogen-bond acceptors (Lipinski definition) is 2. The van der Waals surface area contributed by atoms with Gasteiger partial charge in [-0.25, -0.2) is 0 Å². The Hall–Kier alpha value is -1.02. The van der Waals surface area contributed by atoms with Crippen LogP contribution < -0.4 is 0 Å². The molecule has 0 amide bonds. The van der Waals surface area contributed by atoms with Gasteiger partial charge in [-0.3, -0.25) is 0 Å². The molecule has 2 nitrogen and oxygen atoms in total. The number of fused-ring (bicyclic) bond motifs is 5. The smallest absolute Gasteiger partial charge is 0.118 e. The molecule has 0 radical (unpaired) electrons. The topological polar surface area (TPSA) is 40.5 Å². The van der Waals surface area contributed by atoms with Crippen LogP contribution in [0.25, 0.3) is 0 Å². The maximum Gasteiger partial charge on any atom is 0.118 e. The van der Waals surface area contributed by atoms with Gasteiger partial charge in [0.1, 0.15) is 5.75 Å². The highest BCUT2D eigenvalue weighted by Gasteiger charge is 2.54. The summed E-state index contributed by atoms with van der Waals surface area (Å²) in [6, 6.07) is 4.05. The molecule has 0 aliphatic heterocycles. The van der Waals surface area contributed by atoms with E-state index in [0.29, 0.717) is 17.6 Å². The van der Waals surface area contributed by atoms with Gasteiger partial charge < -0.3 is 10.2 Å². The molecule has 0 spiro atoms. The third-order valence-electron chi connectivity index (χ3n) is 7.12. The summed E-state index contributed by atoms with van der Waals surface area (Å²) in [5.74, 6) is 2.52. The summed E-state index contributed by atoms with van der Waals surface area (Å²) >= 11 is 0. The minimum absolute atomic E-state index is 0.0913. The van der Waals surface area contributed by atoms with Gasteiger partial charge in [-0.1, -0.05) is 13.0 Å². The Morgan fingerprint density at radius 3 is 2.76 bits per heavy atom. The zero-order chi connectivity index (χ0) is 14.8. The third-order valence-corrected chi connectivity index (χ3v) is 7.12. The third kappa shape index (κ3) is 1.75. The van der Waals surface area contributed by atoms with Crippen LogP contribution in [0.1, 0.15) is 61.6 Å². The molecule has 21 heavy (non-hydrogen) atoms. The van der Waals surface area contributed by atoms with Crippen molar-refractivity contribution in [2.45, 2.75) is 64.4 Å². The predicted molar refractivity (Wildman–Crippen MR) is 83.5 cm³/mol. The fourth-order valence-corrected chi connectivity index (χ4v) is 5.80. The molecule has 2 heteroatoms. The van der Waals surface area contributed by atoms with Crippen LogP contribution in [0.4, 0.5) is 0 Å². The number of aromatic hydroxyl groups is 1. The first-order chi connectivity index (χ1) is 10.0. The van der Waals surface area contributed by atoms with Crippen molar-refractivity contribution in [2.24, 2.45) is 17.3 Å². The standard InChI is InChI=1S/C19H26O2/c1-11-12-3-4-15-14(13(12)5-7-17(11)20)9-10-19(2)16(15)6-8-18(19)21/h5,7,14-16,18,20-21H,3-4,6,8-10H2,1-2H3/t14?,15?,16?,18?,19-/m0/s1. The zero-order valence-electron chi connectivity index (χ0n) is 13.1. The van der Waals surface area contributed by atoms with Gasteiger partial charge in [0, 0.05) is 0 Å². The molecule has 3 aliphatic carbocycles. The normalized spacial score (nSPS) is 41.3. The Balaban J connectivity index is 1.74. The second kappa shape index (κ2) is 4.49. The lowest BCUT2D eigenvalue weighted by molar-refractivity contribution is -0.0226. The van der Waals surface area contributed by atoms with Gasteiger partial charge in [0.05, 0.1) is 6.10 Å². The number of rotatable bonds is 0. The van der Waals surface area contributed by atoms with Crippen molar-refractivity contribution in [3.05, 3.63) is 28.8 Å². The highest BCUT2D eigenvalue weighted by molar-refractivity contribution is 5.47. The van der Waals surface area contributed by atoms with Gasteiger partial charge >= 0.3 is 0 Å². The van der Waals surface area contributed by atoms with Gasteiger partial charge in [-0.05, 0) is 91.4 Å². The summed E-state index contributed by atoms with van der Waals surface area (Å²) in [6.45, 7) is 4.38. The minimum atomic E-state index is -0.0913. The van der Waals surface area contributed by atoms with Crippen LogP contribution >= 0.6 is 0 Å². The van der Waals surface area contributed by atoms with Crippen LogP contribution in [0, 0.1) is 24.2 Å². The first-order valence-corrected chi connectivity index (χ1v) is 8.52. The molecule has 5 atom stereocenters. The highest BCUT2D eigenvalue weighted by Crippen LogP contribution is 2.61. The molecule has 3 aliphatic rings. The Kier molecular flexibility index (Phi) is 2.91. The van der Waals surface area contributed by atoms with E-state index in [1.165, 1.54) is 30.4 Å². The molecule has 4 rings (SSSR count). The molecule has 0 aromatic heterocycles. The molecule has 1 aromatic carbocycles. The maximum absolute atomic E-state index is 10.4. The molecule has 0 bridgehead atoms. The van der Waals surface area contributed by atoms with Gasteiger partial charge in [-0.2, -0.15) is 0 Å². The number of benzene rings is 1. The zero-order valence-corrected chi connectivity index (χ0v) is 13.1. The lowest BCUT2D eigenvalue weighted by atomic mass is 9.55. The maximum atomic E-state index is 10.4. The van der Waals surface area contributed by atoms with Crippen molar-refractivity contribution in [2.75, 3.05) is 0 Å². The molecule has 2 N–H and O–H groups in total. The van der Waals surface area contributed by atoms with Crippen molar-refractivity contribution in [3.8, 4) is 5.75 Å².